The predicted molar refractivity (Wildman–Crippen MR) is 70.8 cm³/mol. The molecule has 4 atom stereocenters. The summed E-state index contributed by atoms with van der Waals surface area (Å²) in [6.07, 6.45) is 1.25. The minimum absolute atomic E-state index is 0.0398. The van der Waals surface area contributed by atoms with E-state index in [9.17, 15) is 18.0 Å². The average molecular weight is 309 g/mol. The van der Waals surface area contributed by atoms with E-state index < -0.39 is 35.4 Å². The van der Waals surface area contributed by atoms with Gasteiger partial charge in [-0.2, -0.15) is 5.26 Å². The van der Waals surface area contributed by atoms with Crippen LogP contribution in [0, 0.1) is 34.7 Å². The van der Waals surface area contributed by atoms with Crippen LogP contribution >= 0.6 is 0 Å². The summed E-state index contributed by atoms with van der Waals surface area (Å²) in [5, 5.41) is 9.07. The Morgan fingerprint density at radius 1 is 1.32 bits per heavy atom. The summed E-state index contributed by atoms with van der Waals surface area (Å²) in [4.78, 5) is 13.8. The third-order valence-corrected chi connectivity index (χ3v) is 4.35. The Hall–Kier alpha value is -2.07. The number of amides is 1. The molecular weight excluding hydrogens is 295 g/mol. The quantitative estimate of drug-likeness (QED) is 0.860. The summed E-state index contributed by atoms with van der Waals surface area (Å²) < 4.78 is 39.7. The van der Waals surface area contributed by atoms with Crippen LogP contribution in [0.2, 0.25) is 0 Å². The van der Waals surface area contributed by atoms with Crippen LogP contribution in [-0.4, -0.2) is 28.9 Å². The van der Waals surface area contributed by atoms with Crippen molar-refractivity contribution in [1.29, 1.82) is 5.26 Å². The molecule has 0 bridgehead atoms. The van der Waals surface area contributed by atoms with Gasteiger partial charge in [-0.05, 0) is 36.8 Å². The van der Waals surface area contributed by atoms with Crippen LogP contribution < -0.4 is 5.73 Å². The Kier molecular flexibility index (Phi) is 3.57. The molecule has 0 radical (unpaired) electrons. The van der Waals surface area contributed by atoms with Crippen molar-refractivity contribution in [1.82, 2.24) is 4.90 Å². The summed E-state index contributed by atoms with van der Waals surface area (Å²) in [6, 6.07) is 1.67. The fourth-order valence-corrected chi connectivity index (χ4v) is 3.12. The minimum atomic E-state index is -1.29. The van der Waals surface area contributed by atoms with Gasteiger partial charge < -0.3 is 10.6 Å². The van der Waals surface area contributed by atoms with Crippen molar-refractivity contribution in [2.24, 2.45) is 11.7 Å². The number of carbonyl (C=O) groups excluding carboxylic acids is 1. The summed E-state index contributed by atoms with van der Waals surface area (Å²) in [5.74, 6) is -3.51. The lowest BCUT2D eigenvalue weighted by Gasteiger charge is -2.26. The molecule has 2 fully saturated rings. The Labute approximate surface area is 125 Å². The number of nitrogens with two attached hydrogens (primary N) is 1. The zero-order valence-electron chi connectivity index (χ0n) is 11.6. The summed E-state index contributed by atoms with van der Waals surface area (Å²) in [6.45, 7) is 0. The van der Waals surface area contributed by atoms with Crippen molar-refractivity contribution in [3.05, 3.63) is 35.1 Å². The summed E-state index contributed by atoms with van der Waals surface area (Å²) in [7, 11) is 0. The van der Waals surface area contributed by atoms with Gasteiger partial charge in [0, 0.05) is 12.1 Å². The topological polar surface area (TPSA) is 70.1 Å². The second-order valence-electron chi connectivity index (χ2n) is 5.86. The van der Waals surface area contributed by atoms with Crippen LogP contribution in [0.15, 0.2) is 12.1 Å². The molecule has 2 N–H and O–H groups in total. The maximum atomic E-state index is 13.6. The molecule has 1 aliphatic heterocycles. The SMILES string of the molecule is N#C[C@@H]1CC2C[C@@H]2N1C(=O)[C@@H](N)Cc1cc(F)c(F)cc1F. The van der Waals surface area contributed by atoms with E-state index in [1.807, 2.05) is 0 Å². The number of benzene rings is 1. The minimum Gasteiger partial charge on any atom is -0.322 e. The maximum absolute atomic E-state index is 13.6. The standard InChI is InChI=1S/C15H14F3N3O/c16-10-5-12(18)11(17)2-7(10)3-13(20)15(22)21-9(6-19)1-8-4-14(8)21/h2,5,8-9,13-14H,1,3-4,20H2/t8?,9-,13-,14-/m0/s1. The maximum Gasteiger partial charge on any atom is 0.241 e. The third-order valence-electron chi connectivity index (χ3n) is 4.35. The van der Waals surface area contributed by atoms with E-state index in [0.717, 1.165) is 6.42 Å². The van der Waals surface area contributed by atoms with Gasteiger partial charge in [-0.1, -0.05) is 0 Å². The number of piperidine rings is 1. The van der Waals surface area contributed by atoms with Crippen LogP contribution in [-0.2, 0) is 11.2 Å². The normalized spacial score (nSPS) is 27.2. The lowest BCUT2D eigenvalue weighted by molar-refractivity contribution is -0.133. The number of rotatable bonds is 3. The molecule has 7 heteroatoms. The highest BCUT2D eigenvalue weighted by molar-refractivity contribution is 5.83. The molecule has 1 aliphatic carbocycles. The van der Waals surface area contributed by atoms with E-state index in [-0.39, 0.29) is 18.0 Å². The molecule has 116 valence electrons. The molecule has 1 aromatic rings. The highest BCUT2D eigenvalue weighted by Gasteiger charge is 2.54. The molecule has 3 rings (SSSR count). The molecule has 1 unspecified atom stereocenters. The first-order valence-electron chi connectivity index (χ1n) is 7.03. The van der Waals surface area contributed by atoms with Crippen molar-refractivity contribution in [2.45, 2.75) is 37.4 Å². The van der Waals surface area contributed by atoms with Gasteiger partial charge >= 0.3 is 0 Å². The monoisotopic (exact) mass is 309 g/mol. The van der Waals surface area contributed by atoms with Crippen LogP contribution in [0.5, 0.6) is 0 Å². The van der Waals surface area contributed by atoms with E-state index >= 15 is 0 Å². The van der Waals surface area contributed by atoms with Crippen LogP contribution in [0.4, 0.5) is 13.2 Å². The number of carbonyl (C=O) groups is 1. The van der Waals surface area contributed by atoms with E-state index in [2.05, 4.69) is 6.07 Å². The predicted octanol–water partition coefficient (Wildman–Crippen LogP) is 1.49. The van der Waals surface area contributed by atoms with Crippen molar-refractivity contribution in [2.75, 3.05) is 0 Å². The number of hydrogen-bond donors (Lipinski definition) is 1. The van der Waals surface area contributed by atoms with E-state index in [1.165, 1.54) is 4.90 Å². The molecule has 1 saturated carbocycles. The molecule has 1 saturated heterocycles. The molecule has 1 heterocycles. The molecule has 1 amide bonds. The Balaban J connectivity index is 1.74. The molecule has 22 heavy (non-hydrogen) atoms. The Bertz CT molecular complexity index is 673. The van der Waals surface area contributed by atoms with Crippen molar-refractivity contribution < 1.29 is 18.0 Å². The highest BCUT2D eigenvalue weighted by atomic mass is 19.2. The molecule has 0 spiro atoms. The first-order valence-corrected chi connectivity index (χ1v) is 7.03. The average Bonchev–Trinajstić information content (AvgIpc) is 3.14. The molecule has 2 aliphatic rings. The zero-order valence-corrected chi connectivity index (χ0v) is 11.6. The first-order chi connectivity index (χ1) is 10.4. The largest absolute Gasteiger partial charge is 0.322 e. The van der Waals surface area contributed by atoms with Gasteiger partial charge in [-0.3, -0.25) is 4.79 Å². The van der Waals surface area contributed by atoms with Crippen LogP contribution in [0.3, 0.4) is 0 Å². The number of likely N-dealkylation sites (tertiary alicyclic amines) is 1. The Morgan fingerprint density at radius 3 is 2.68 bits per heavy atom. The van der Waals surface area contributed by atoms with Gasteiger partial charge in [-0.25, -0.2) is 13.2 Å². The number of nitrogens with zero attached hydrogens (tertiary/aromatic N) is 2. The van der Waals surface area contributed by atoms with Gasteiger partial charge in [0.05, 0.1) is 12.1 Å². The van der Waals surface area contributed by atoms with E-state index in [0.29, 0.717) is 24.5 Å². The van der Waals surface area contributed by atoms with Crippen molar-refractivity contribution in [3.8, 4) is 6.07 Å². The first kappa shape index (κ1) is 14.9. The number of nitriles is 1. The van der Waals surface area contributed by atoms with Crippen molar-refractivity contribution in [3.63, 3.8) is 0 Å². The smallest absolute Gasteiger partial charge is 0.241 e. The zero-order chi connectivity index (χ0) is 16.0. The van der Waals surface area contributed by atoms with E-state index in [4.69, 9.17) is 11.0 Å². The second kappa shape index (κ2) is 5.29. The summed E-state index contributed by atoms with van der Waals surface area (Å²) >= 11 is 0. The fourth-order valence-electron chi connectivity index (χ4n) is 3.12. The number of hydrogen-bond acceptors (Lipinski definition) is 3. The fraction of sp³-hybridized carbons (Fsp3) is 0.467. The third kappa shape index (κ3) is 2.44. The van der Waals surface area contributed by atoms with E-state index in [1.54, 1.807) is 0 Å². The second-order valence-corrected chi connectivity index (χ2v) is 5.86. The molecule has 1 aromatic carbocycles. The van der Waals surface area contributed by atoms with Gasteiger partial charge in [-0.15, -0.1) is 0 Å². The van der Waals surface area contributed by atoms with Gasteiger partial charge in [0.2, 0.25) is 5.91 Å². The molecule has 4 nitrogen and oxygen atoms in total. The van der Waals surface area contributed by atoms with Gasteiger partial charge in [0.15, 0.2) is 11.6 Å². The highest BCUT2D eigenvalue weighted by Crippen LogP contribution is 2.47. The lowest BCUT2D eigenvalue weighted by Crippen LogP contribution is -2.48. The van der Waals surface area contributed by atoms with Gasteiger partial charge in [0.1, 0.15) is 11.9 Å². The Morgan fingerprint density at radius 2 is 2.00 bits per heavy atom. The number of fused-ring (bicyclic) bond motifs is 1. The van der Waals surface area contributed by atoms with Crippen LogP contribution in [0.1, 0.15) is 18.4 Å². The molecule has 0 aromatic heterocycles. The summed E-state index contributed by atoms with van der Waals surface area (Å²) in [5.41, 5.74) is 5.65. The molecular formula is C15H14F3N3O. The van der Waals surface area contributed by atoms with Gasteiger partial charge in [0.25, 0.3) is 0 Å². The number of halogens is 3. The van der Waals surface area contributed by atoms with Crippen LogP contribution in [0.25, 0.3) is 0 Å². The van der Waals surface area contributed by atoms with Crippen molar-refractivity contribution >= 4 is 5.91 Å². The lowest BCUT2D eigenvalue weighted by atomic mass is 10.0.